The van der Waals surface area contributed by atoms with Gasteiger partial charge in [-0.2, -0.15) is 9.49 Å². The van der Waals surface area contributed by atoms with Gasteiger partial charge in [-0.15, -0.1) is 4.68 Å². The van der Waals surface area contributed by atoms with Crippen LogP contribution in [0.2, 0.25) is 0 Å². The van der Waals surface area contributed by atoms with E-state index in [4.69, 9.17) is 5.84 Å². The number of aromatic amines is 1. The van der Waals surface area contributed by atoms with Crippen molar-refractivity contribution in [3.63, 3.8) is 0 Å². The van der Waals surface area contributed by atoms with Gasteiger partial charge in [0.2, 0.25) is 5.82 Å². The van der Waals surface area contributed by atoms with E-state index in [1.165, 1.54) is 11.7 Å². The smallest absolute Gasteiger partial charge is 0.285 e. The van der Waals surface area contributed by atoms with Gasteiger partial charge in [-0.05, 0) is 0 Å². The topological polar surface area (TPSA) is 74.8 Å². The lowest BCUT2D eigenvalue weighted by atomic mass is 10.4. The Kier molecular flexibility index (Phi) is 1.86. The van der Waals surface area contributed by atoms with Gasteiger partial charge in [0.25, 0.3) is 0 Å². The molecule has 5 nitrogen and oxygen atoms in total. The third-order valence-corrected chi connectivity index (χ3v) is 1.29. The quantitative estimate of drug-likeness (QED) is 0.204. The molecule has 1 amide bonds. The van der Waals surface area contributed by atoms with Crippen molar-refractivity contribution in [3.8, 4) is 0 Å². The summed E-state index contributed by atoms with van der Waals surface area (Å²) >= 11 is 0. The summed E-state index contributed by atoms with van der Waals surface area (Å²) in [5.41, 5.74) is 1.71. The van der Waals surface area contributed by atoms with Crippen molar-refractivity contribution in [2.45, 2.75) is 0 Å². The third kappa shape index (κ3) is 1.20. The van der Waals surface area contributed by atoms with Gasteiger partial charge >= 0.3 is 11.6 Å². The normalized spacial score (nSPS) is 9.73. The van der Waals surface area contributed by atoms with Crippen LogP contribution in [0.25, 0.3) is 0 Å². The van der Waals surface area contributed by atoms with E-state index in [9.17, 15) is 9.18 Å². The summed E-state index contributed by atoms with van der Waals surface area (Å²) in [5, 5.41) is 2.48. The first kappa shape index (κ1) is 7.67. The van der Waals surface area contributed by atoms with Gasteiger partial charge in [0.15, 0.2) is 7.05 Å². The Labute approximate surface area is 62.0 Å². The number of amides is 1. The number of nitrogens with two attached hydrogens (primary N) is 1. The Morgan fingerprint density at radius 3 is 2.91 bits per heavy atom. The zero-order valence-electron chi connectivity index (χ0n) is 5.89. The van der Waals surface area contributed by atoms with Crippen LogP contribution in [0.1, 0.15) is 10.5 Å². The first-order valence-corrected chi connectivity index (χ1v) is 2.90. The van der Waals surface area contributed by atoms with Gasteiger partial charge in [0, 0.05) is 0 Å². The van der Waals surface area contributed by atoms with Gasteiger partial charge in [0.1, 0.15) is 6.20 Å². The molecule has 0 radical (unpaired) electrons. The molecule has 6 heteroatoms. The van der Waals surface area contributed by atoms with Crippen LogP contribution in [0.3, 0.4) is 0 Å². The molecule has 0 aliphatic rings. The molecule has 0 bridgehead atoms. The van der Waals surface area contributed by atoms with Crippen molar-refractivity contribution < 1.29 is 13.9 Å². The molecule has 1 aromatic rings. The Bertz CT molecular complexity index is 263. The Hall–Kier alpha value is -1.43. The third-order valence-electron chi connectivity index (χ3n) is 1.29. The van der Waals surface area contributed by atoms with Crippen LogP contribution < -0.4 is 16.0 Å². The van der Waals surface area contributed by atoms with E-state index >= 15 is 0 Å². The molecule has 0 aromatic carbocycles. The van der Waals surface area contributed by atoms with Crippen LogP contribution in [0.5, 0.6) is 0 Å². The molecular formula is C5H8FN4O+. The summed E-state index contributed by atoms with van der Waals surface area (Å²) in [5.74, 6) is 3.52. The van der Waals surface area contributed by atoms with Crippen molar-refractivity contribution >= 4 is 5.91 Å². The zero-order chi connectivity index (χ0) is 8.43. The highest BCUT2D eigenvalue weighted by Crippen LogP contribution is 1.97. The minimum Gasteiger partial charge on any atom is -0.285 e. The number of nitrogens with zero attached hydrogens (tertiary/aromatic N) is 1. The van der Waals surface area contributed by atoms with Crippen molar-refractivity contribution in [2.24, 2.45) is 12.9 Å². The van der Waals surface area contributed by atoms with E-state index in [-0.39, 0.29) is 5.69 Å². The second-order valence-corrected chi connectivity index (χ2v) is 2.00. The predicted molar refractivity (Wildman–Crippen MR) is 33.6 cm³/mol. The predicted octanol–water partition coefficient (Wildman–Crippen LogP) is -1.42. The largest absolute Gasteiger partial charge is 0.335 e. The second kappa shape index (κ2) is 2.67. The molecule has 0 aliphatic heterocycles. The van der Waals surface area contributed by atoms with E-state index in [1.54, 1.807) is 0 Å². The van der Waals surface area contributed by atoms with Crippen LogP contribution in [0, 0.1) is 5.82 Å². The van der Waals surface area contributed by atoms with Crippen molar-refractivity contribution in [2.75, 3.05) is 0 Å². The number of nitrogen functional groups attached to an aromatic ring is 1. The van der Waals surface area contributed by atoms with Gasteiger partial charge in [-0.1, -0.05) is 0 Å². The Balaban J connectivity index is 3.10. The van der Waals surface area contributed by atoms with E-state index in [1.807, 2.05) is 5.43 Å². The molecule has 4 N–H and O–H groups in total. The highest BCUT2D eigenvalue weighted by atomic mass is 19.1. The number of hydrogen-bond acceptors (Lipinski definition) is 2. The molecule has 1 heterocycles. The maximum absolute atomic E-state index is 12.7. The lowest BCUT2D eigenvalue weighted by Gasteiger charge is -1.90. The maximum atomic E-state index is 12.7. The second-order valence-electron chi connectivity index (χ2n) is 2.00. The molecule has 1 rings (SSSR count). The van der Waals surface area contributed by atoms with E-state index in [2.05, 4.69) is 5.10 Å². The first-order chi connectivity index (χ1) is 5.16. The monoisotopic (exact) mass is 159 g/mol. The molecule has 0 aliphatic carbocycles. The van der Waals surface area contributed by atoms with Gasteiger partial charge in [-0.3, -0.25) is 10.2 Å². The summed E-state index contributed by atoms with van der Waals surface area (Å²) < 4.78 is 13.9. The van der Waals surface area contributed by atoms with Crippen molar-refractivity contribution in [1.82, 2.24) is 10.5 Å². The number of aromatic nitrogens is 2. The number of carbonyl (C=O) groups excluding carboxylic acids is 1. The Morgan fingerprint density at radius 2 is 2.55 bits per heavy atom. The number of hydrazine groups is 1. The highest BCUT2D eigenvalue weighted by molar-refractivity contribution is 5.90. The highest BCUT2D eigenvalue weighted by Gasteiger charge is 2.23. The lowest BCUT2D eigenvalue weighted by molar-refractivity contribution is -0.729. The SMILES string of the molecule is C[n+]1[nH]cc(F)c1C(=O)NN. The molecule has 0 unspecified atom stereocenters. The zero-order valence-corrected chi connectivity index (χ0v) is 5.89. The van der Waals surface area contributed by atoms with Gasteiger partial charge in [-0.25, -0.2) is 5.84 Å². The van der Waals surface area contributed by atoms with Crippen LogP contribution in [-0.2, 0) is 7.05 Å². The summed E-state index contributed by atoms with van der Waals surface area (Å²) in [4.78, 5) is 10.8. The molecule has 0 saturated heterocycles. The molecule has 0 saturated carbocycles. The molecule has 1 aromatic heterocycles. The fourth-order valence-electron chi connectivity index (χ4n) is 0.776. The van der Waals surface area contributed by atoms with Crippen molar-refractivity contribution in [1.29, 1.82) is 0 Å². The van der Waals surface area contributed by atoms with Crippen LogP contribution in [0.4, 0.5) is 4.39 Å². The number of halogens is 1. The summed E-state index contributed by atoms with van der Waals surface area (Å²) in [6, 6.07) is 0. The lowest BCUT2D eigenvalue weighted by Crippen LogP contribution is -2.43. The van der Waals surface area contributed by atoms with Crippen LogP contribution >= 0.6 is 0 Å². The van der Waals surface area contributed by atoms with E-state index in [0.29, 0.717) is 0 Å². The fourth-order valence-corrected chi connectivity index (χ4v) is 0.776. The number of aryl methyl sites for hydroxylation is 1. The summed E-state index contributed by atoms with van der Waals surface area (Å²) in [7, 11) is 1.51. The minimum atomic E-state index is -0.661. The number of carbonyl (C=O) groups is 1. The molecule has 0 atom stereocenters. The number of hydrogen-bond donors (Lipinski definition) is 3. The van der Waals surface area contributed by atoms with Gasteiger partial charge < -0.3 is 0 Å². The molecular weight excluding hydrogens is 151 g/mol. The molecule has 0 fully saturated rings. The minimum absolute atomic E-state index is 0.118. The maximum Gasteiger partial charge on any atom is 0.335 e. The van der Waals surface area contributed by atoms with E-state index < -0.39 is 11.7 Å². The van der Waals surface area contributed by atoms with Crippen molar-refractivity contribution in [3.05, 3.63) is 17.7 Å². The van der Waals surface area contributed by atoms with Gasteiger partial charge in [0.05, 0.1) is 0 Å². The average molecular weight is 159 g/mol. The molecule has 0 spiro atoms. The molecule has 60 valence electrons. The first-order valence-electron chi connectivity index (χ1n) is 2.90. The fraction of sp³-hybridized carbons (Fsp3) is 0.200. The van der Waals surface area contributed by atoms with Crippen LogP contribution in [-0.4, -0.2) is 11.0 Å². The Morgan fingerprint density at radius 1 is 1.91 bits per heavy atom. The number of nitrogens with one attached hydrogen (secondary N) is 2. The number of rotatable bonds is 1. The standard InChI is InChI=1S/C5H7FN4O/c1-10-4(5(11)9-7)3(6)2-8-10/h2H,1H3,(H3,7,8,9,11)/p+1. The summed E-state index contributed by atoms with van der Waals surface area (Å²) in [6.07, 6.45) is 1.07. The van der Waals surface area contributed by atoms with Crippen LogP contribution in [0.15, 0.2) is 6.20 Å². The van der Waals surface area contributed by atoms with E-state index in [0.717, 1.165) is 6.20 Å². The number of H-pyrrole nitrogens is 1. The average Bonchev–Trinajstić information content (AvgIpc) is 2.30. The molecule has 11 heavy (non-hydrogen) atoms. The summed E-state index contributed by atoms with van der Waals surface area (Å²) in [6.45, 7) is 0.